The van der Waals surface area contributed by atoms with Crippen molar-refractivity contribution in [1.82, 2.24) is 10.3 Å². The average molecular weight is 343 g/mol. The van der Waals surface area contributed by atoms with Crippen molar-refractivity contribution in [3.8, 4) is 0 Å². The van der Waals surface area contributed by atoms with E-state index in [0.717, 1.165) is 21.8 Å². The Labute approximate surface area is 124 Å². The van der Waals surface area contributed by atoms with Gasteiger partial charge in [0.1, 0.15) is 0 Å². The van der Waals surface area contributed by atoms with Crippen LogP contribution in [0.4, 0.5) is 0 Å². The van der Waals surface area contributed by atoms with Crippen molar-refractivity contribution >= 4 is 39.0 Å². The van der Waals surface area contributed by atoms with Crippen LogP contribution in [-0.4, -0.2) is 17.3 Å². The molecule has 2 rings (SSSR count). The summed E-state index contributed by atoms with van der Waals surface area (Å²) in [5.74, 6) is 1.03. The minimum Gasteiger partial charge on any atom is -0.309 e. The Kier molecular flexibility index (Phi) is 5.69. The molecule has 2 aromatic heterocycles. The van der Waals surface area contributed by atoms with E-state index >= 15 is 0 Å². The van der Waals surface area contributed by atoms with Crippen molar-refractivity contribution in [2.45, 2.75) is 18.0 Å². The van der Waals surface area contributed by atoms with Crippen molar-refractivity contribution in [2.75, 3.05) is 12.3 Å². The van der Waals surface area contributed by atoms with Gasteiger partial charge in [-0.25, -0.2) is 4.98 Å². The molecular formula is C13H15BrN2S2. The molecule has 0 aliphatic carbocycles. The minimum atomic E-state index is 0.434. The summed E-state index contributed by atoms with van der Waals surface area (Å²) in [6.45, 7) is 3.19. The number of hydrogen-bond acceptors (Lipinski definition) is 4. The molecule has 1 N–H and O–H groups in total. The fourth-order valence-corrected chi connectivity index (χ4v) is 3.23. The molecule has 0 amide bonds. The summed E-state index contributed by atoms with van der Waals surface area (Å²) in [6.07, 6.45) is 1.84. The Bertz CT molecular complexity index is 456. The second-order valence-electron chi connectivity index (χ2n) is 3.85. The van der Waals surface area contributed by atoms with Gasteiger partial charge in [-0.05, 0) is 46.4 Å². The summed E-state index contributed by atoms with van der Waals surface area (Å²) in [5, 5.41) is 6.71. The summed E-state index contributed by atoms with van der Waals surface area (Å²) in [6, 6.07) is 8.77. The zero-order chi connectivity index (χ0) is 12.8. The Balaban J connectivity index is 1.68. The number of thiophene rings is 1. The van der Waals surface area contributed by atoms with Gasteiger partial charge in [-0.15, -0.1) is 23.1 Å². The lowest BCUT2D eigenvalue weighted by Gasteiger charge is -2.11. The van der Waals surface area contributed by atoms with Crippen LogP contribution in [0.5, 0.6) is 0 Å². The quantitative estimate of drug-likeness (QED) is 0.624. The van der Waals surface area contributed by atoms with Crippen LogP contribution in [0.1, 0.15) is 17.8 Å². The van der Waals surface area contributed by atoms with E-state index in [1.165, 1.54) is 4.88 Å². The molecule has 0 radical (unpaired) electrons. The van der Waals surface area contributed by atoms with E-state index in [4.69, 9.17) is 0 Å². The van der Waals surface area contributed by atoms with Crippen LogP contribution in [-0.2, 0) is 0 Å². The van der Waals surface area contributed by atoms with Crippen LogP contribution < -0.4 is 5.32 Å². The molecule has 0 saturated heterocycles. The third-order valence-corrected chi connectivity index (χ3v) is 4.94. The van der Waals surface area contributed by atoms with Crippen molar-refractivity contribution in [3.63, 3.8) is 0 Å². The van der Waals surface area contributed by atoms with Crippen molar-refractivity contribution in [3.05, 3.63) is 45.2 Å². The first-order valence-corrected chi connectivity index (χ1v) is 8.42. The van der Waals surface area contributed by atoms with E-state index in [-0.39, 0.29) is 0 Å². The molecule has 5 heteroatoms. The first-order valence-electron chi connectivity index (χ1n) is 5.77. The van der Waals surface area contributed by atoms with Gasteiger partial charge in [-0.3, -0.25) is 0 Å². The maximum atomic E-state index is 4.34. The lowest BCUT2D eigenvalue weighted by molar-refractivity contribution is 0.610. The summed E-state index contributed by atoms with van der Waals surface area (Å²) in [7, 11) is 0. The molecule has 2 nitrogen and oxygen atoms in total. The zero-order valence-electron chi connectivity index (χ0n) is 10.1. The lowest BCUT2D eigenvalue weighted by atomic mass is 10.3. The number of halogens is 1. The monoisotopic (exact) mass is 342 g/mol. The largest absolute Gasteiger partial charge is 0.309 e. The highest BCUT2D eigenvalue weighted by atomic mass is 79.9. The highest BCUT2D eigenvalue weighted by molar-refractivity contribution is 9.10. The molecule has 96 valence electrons. The predicted molar refractivity (Wildman–Crippen MR) is 83.4 cm³/mol. The van der Waals surface area contributed by atoms with E-state index in [2.05, 4.69) is 50.7 Å². The molecule has 2 heterocycles. The van der Waals surface area contributed by atoms with Crippen molar-refractivity contribution in [1.29, 1.82) is 0 Å². The standard InChI is InChI=1S/C13H15BrN2S2/c1-10(12-3-2-7-17-12)15-6-8-18-13-5-4-11(14)9-16-13/h2-5,7,9-10,15H,6,8H2,1H3. The first kappa shape index (κ1) is 14.1. The summed E-state index contributed by atoms with van der Waals surface area (Å²) in [5.41, 5.74) is 0. The molecule has 18 heavy (non-hydrogen) atoms. The van der Waals surface area contributed by atoms with E-state index in [0.29, 0.717) is 6.04 Å². The van der Waals surface area contributed by atoms with E-state index < -0.39 is 0 Å². The topological polar surface area (TPSA) is 24.9 Å². The number of hydrogen-bond donors (Lipinski definition) is 1. The number of nitrogens with one attached hydrogen (secondary N) is 1. The summed E-state index contributed by atoms with van der Waals surface area (Å²) < 4.78 is 1.02. The lowest BCUT2D eigenvalue weighted by Crippen LogP contribution is -2.20. The van der Waals surface area contributed by atoms with Gasteiger partial charge in [0.15, 0.2) is 0 Å². The van der Waals surface area contributed by atoms with Crippen LogP contribution in [0, 0.1) is 0 Å². The van der Waals surface area contributed by atoms with E-state index in [9.17, 15) is 0 Å². The molecule has 0 bridgehead atoms. The number of nitrogens with zero attached hydrogens (tertiary/aromatic N) is 1. The third-order valence-electron chi connectivity index (χ3n) is 2.47. The fraction of sp³-hybridized carbons (Fsp3) is 0.308. The van der Waals surface area contributed by atoms with Gasteiger partial charge in [-0.2, -0.15) is 0 Å². The second-order valence-corrected chi connectivity index (χ2v) is 6.86. The summed E-state index contributed by atoms with van der Waals surface area (Å²) >= 11 is 6.96. The zero-order valence-corrected chi connectivity index (χ0v) is 13.3. The maximum absolute atomic E-state index is 4.34. The molecule has 1 atom stereocenters. The van der Waals surface area contributed by atoms with Crippen LogP contribution in [0.15, 0.2) is 45.3 Å². The van der Waals surface area contributed by atoms with Gasteiger partial charge in [0.25, 0.3) is 0 Å². The number of thioether (sulfide) groups is 1. The summed E-state index contributed by atoms with van der Waals surface area (Å²) in [4.78, 5) is 5.73. The van der Waals surface area contributed by atoms with Crippen LogP contribution in [0.3, 0.4) is 0 Å². The van der Waals surface area contributed by atoms with Gasteiger partial charge < -0.3 is 5.32 Å². The van der Waals surface area contributed by atoms with Crippen LogP contribution >= 0.6 is 39.0 Å². The van der Waals surface area contributed by atoms with E-state index in [1.54, 1.807) is 23.1 Å². The first-order chi connectivity index (χ1) is 8.75. The smallest absolute Gasteiger partial charge is 0.0961 e. The minimum absolute atomic E-state index is 0.434. The van der Waals surface area contributed by atoms with Gasteiger partial charge in [0.05, 0.1) is 5.03 Å². The molecule has 0 saturated carbocycles. The number of pyridine rings is 1. The van der Waals surface area contributed by atoms with Gasteiger partial charge >= 0.3 is 0 Å². The van der Waals surface area contributed by atoms with E-state index in [1.807, 2.05) is 18.3 Å². The highest BCUT2D eigenvalue weighted by Gasteiger charge is 2.04. The van der Waals surface area contributed by atoms with Gasteiger partial charge in [-0.1, -0.05) is 6.07 Å². The molecule has 0 aliphatic rings. The molecule has 2 aromatic rings. The molecule has 0 aliphatic heterocycles. The Morgan fingerprint density at radius 2 is 2.33 bits per heavy atom. The number of rotatable bonds is 6. The second kappa shape index (κ2) is 7.28. The van der Waals surface area contributed by atoms with Crippen molar-refractivity contribution < 1.29 is 0 Å². The molecule has 0 aromatic carbocycles. The van der Waals surface area contributed by atoms with Gasteiger partial charge in [0.2, 0.25) is 0 Å². The third kappa shape index (κ3) is 4.39. The SMILES string of the molecule is CC(NCCSc1ccc(Br)cn1)c1cccs1. The maximum Gasteiger partial charge on any atom is 0.0961 e. The average Bonchev–Trinajstić information content (AvgIpc) is 2.90. The molecule has 1 unspecified atom stereocenters. The van der Waals surface area contributed by atoms with Crippen molar-refractivity contribution in [2.24, 2.45) is 0 Å². The molecule has 0 spiro atoms. The van der Waals surface area contributed by atoms with Gasteiger partial charge in [0, 0.05) is 33.9 Å². The molecule has 0 fully saturated rings. The predicted octanol–water partition coefficient (Wildman–Crippen LogP) is 4.35. The number of aromatic nitrogens is 1. The fourth-order valence-electron chi connectivity index (χ4n) is 1.52. The molecular weight excluding hydrogens is 328 g/mol. The normalized spacial score (nSPS) is 12.6. The van der Waals surface area contributed by atoms with Crippen LogP contribution in [0.25, 0.3) is 0 Å². The Morgan fingerprint density at radius 1 is 1.44 bits per heavy atom. The van der Waals surface area contributed by atoms with Crippen LogP contribution in [0.2, 0.25) is 0 Å². The Morgan fingerprint density at radius 3 is 3.00 bits per heavy atom. The highest BCUT2D eigenvalue weighted by Crippen LogP contribution is 2.19. The Hall–Kier alpha value is -0.360.